The minimum absolute atomic E-state index is 0.0189. The van der Waals surface area contributed by atoms with Crippen molar-refractivity contribution in [3.05, 3.63) is 0 Å². The summed E-state index contributed by atoms with van der Waals surface area (Å²) >= 11 is 0. The van der Waals surface area contributed by atoms with Crippen molar-refractivity contribution in [2.24, 2.45) is 0 Å². The van der Waals surface area contributed by atoms with Gasteiger partial charge in [-0.2, -0.15) is 0 Å². The first kappa shape index (κ1) is 23.1. The first-order valence-electron chi connectivity index (χ1n) is 8.87. The Kier molecular flexibility index (Phi) is 17.8. The average molecular weight is 305 g/mol. The van der Waals surface area contributed by atoms with Crippen molar-refractivity contribution in [3.8, 4) is 0 Å². The number of rotatable bonds is 1. The summed E-state index contributed by atoms with van der Waals surface area (Å²) in [5.74, 6) is 0. The van der Waals surface area contributed by atoms with Crippen molar-refractivity contribution in [3.63, 3.8) is 0 Å². The summed E-state index contributed by atoms with van der Waals surface area (Å²) in [6.07, 6.45) is 7.43. The molecule has 1 saturated heterocycles. The maximum atomic E-state index is 9.10. The predicted molar refractivity (Wildman–Crippen MR) is 92.5 cm³/mol. The first-order valence-corrected chi connectivity index (χ1v) is 8.87. The molecular weight excluding hydrogens is 264 g/mol. The van der Waals surface area contributed by atoms with Crippen LogP contribution < -0.4 is 5.32 Å². The van der Waals surface area contributed by atoms with Crippen LogP contribution in [0.5, 0.6) is 0 Å². The molecule has 3 N–H and O–H groups in total. The number of aliphatic hydroxyl groups excluding tert-OH is 2. The maximum Gasteiger partial charge on any atom is 0.107 e. The lowest BCUT2D eigenvalue weighted by molar-refractivity contribution is -0.00578. The highest BCUT2D eigenvalue weighted by Gasteiger charge is 2.16. The zero-order chi connectivity index (χ0) is 16.7. The molecule has 1 saturated carbocycles. The van der Waals surface area contributed by atoms with Gasteiger partial charge >= 0.3 is 0 Å². The van der Waals surface area contributed by atoms with E-state index in [0.717, 1.165) is 38.6 Å². The van der Waals surface area contributed by atoms with Gasteiger partial charge in [-0.25, -0.2) is 0 Å². The summed E-state index contributed by atoms with van der Waals surface area (Å²) in [6.45, 7) is 9.06. The molecule has 0 aromatic heterocycles. The lowest BCUT2D eigenvalue weighted by Crippen LogP contribution is -2.35. The molecule has 0 aromatic carbocycles. The third-order valence-electron chi connectivity index (χ3n) is 3.84. The Labute approximate surface area is 132 Å². The molecule has 0 radical (unpaired) electrons. The Morgan fingerprint density at radius 2 is 1.38 bits per heavy atom. The minimum atomic E-state index is -0.163. The Bertz CT molecular complexity index is 185. The van der Waals surface area contributed by atoms with Gasteiger partial charge in [0.25, 0.3) is 0 Å². The molecule has 130 valence electrons. The molecule has 2 rings (SSSR count). The van der Waals surface area contributed by atoms with Gasteiger partial charge < -0.3 is 15.5 Å². The number of hydrogen-bond acceptors (Lipinski definition) is 4. The van der Waals surface area contributed by atoms with Gasteiger partial charge in [-0.3, -0.25) is 4.90 Å². The van der Waals surface area contributed by atoms with Crippen LogP contribution in [0.15, 0.2) is 0 Å². The molecule has 1 heterocycles. The molecular formula is C17H40N2O2. The van der Waals surface area contributed by atoms with E-state index in [-0.39, 0.29) is 12.3 Å². The highest BCUT2D eigenvalue weighted by Crippen LogP contribution is 2.17. The van der Waals surface area contributed by atoms with Gasteiger partial charge in [0.05, 0.1) is 6.10 Å². The van der Waals surface area contributed by atoms with E-state index in [4.69, 9.17) is 10.2 Å². The number of likely N-dealkylation sites (tertiary alicyclic amines) is 1. The number of nitrogens with one attached hydrogen (secondary N) is 1. The maximum absolute atomic E-state index is 9.10. The van der Waals surface area contributed by atoms with E-state index in [1.807, 2.05) is 46.7 Å². The fraction of sp³-hybridized carbons (Fsp3) is 1.00. The molecule has 2 aliphatic rings. The second-order valence-electron chi connectivity index (χ2n) is 5.25. The summed E-state index contributed by atoms with van der Waals surface area (Å²) in [4.78, 5) is 1.99. The van der Waals surface area contributed by atoms with E-state index in [1.54, 1.807) is 0 Å². The molecule has 1 aliphatic carbocycles. The van der Waals surface area contributed by atoms with Gasteiger partial charge in [-0.1, -0.05) is 27.7 Å². The summed E-state index contributed by atoms with van der Waals surface area (Å²) in [5, 5.41) is 21.4. The number of aliphatic hydroxyl groups is 2. The van der Waals surface area contributed by atoms with E-state index in [0.29, 0.717) is 6.04 Å². The van der Waals surface area contributed by atoms with Crippen LogP contribution in [0.3, 0.4) is 0 Å². The highest BCUT2D eigenvalue weighted by atomic mass is 16.3. The predicted octanol–water partition coefficient (Wildman–Crippen LogP) is 2.98. The Hall–Kier alpha value is -0.160. The Morgan fingerprint density at radius 3 is 1.71 bits per heavy atom. The standard InChI is InChI=1S/C7H15NO.C6H13NO.2C2H6/c1-8-6-2-4-7(9)5-3-6;1-7-5-3-2-4-6(7)8;2*1-2/h6-9H,2-5H2,1H3;6,8H,2-5H2,1H3;2*1-2H3. The van der Waals surface area contributed by atoms with Crippen LogP contribution in [-0.4, -0.2) is 54.1 Å². The largest absolute Gasteiger partial charge is 0.393 e. The quantitative estimate of drug-likeness (QED) is 0.697. The van der Waals surface area contributed by atoms with Gasteiger partial charge in [0, 0.05) is 12.6 Å². The zero-order valence-corrected chi connectivity index (χ0v) is 15.2. The summed E-state index contributed by atoms with van der Waals surface area (Å²) in [5.41, 5.74) is 0. The lowest BCUT2D eigenvalue weighted by Gasteiger charge is -2.27. The van der Waals surface area contributed by atoms with Crippen LogP contribution in [0.1, 0.15) is 72.6 Å². The molecule has 4 nitrogen and oxygen atoms in total. The van der Waals surface area contributed by atoms with Crippen molar-refractivity contribution in [1.29, 1.82) is 0 Å². The molecule has 2 fully saturated rings. The fourth-order valence-corrected chi connectivity index (χ4v) is 2.42. The smallest absolute Gasteiger partial charge is 0.107 e. The summed E-state index contributed by atoms with van der Waals surface area (Å²) in [6, 6.07) is 0.661. The van der Waals surface area contributed by atoms with Gasteiger partial charge in [-0.05, 0) is 59.0 Å². The molecule has 0 aromatic rings. The zero-order valence-electron chi connectivity index (χ0n) is 15.2. The highest BCUT2D eigenvalue weighted by molar-refractivity contribution is 4.74. The van der Waals surface area contributed by atoms with Crippen LogP contribution in [-0.2, 0) is 0 Å². The number of piperidine rings is 1. The fourth-order valence-electron chi connectivity index (χ4n) is 2.42. The van der Waals surface area contributed by atoms with Crippen molar-refractivity contribution in [2.75, 3.05) is 20.6 Å². The van der Waals surface area contributed by atoms with Crippen LogP contribution in [0.25, 0.3) is 0 Å². The van der Waals surface area contributed by atoms with E-state index < -0.39 is 0 Å². The Morgan fingerprint density at radius 1 is 0.857 bits per heavy atom. The van der Waals surface area contributed by atoms with Crippen molar-refractivity contribution in [2.45, 2.75) is 91.0 Å². The monoisotopic (exact) mass is 304 g/mol. The van der Waals surface area contributed by atoms with Gasteiger partial charge in [0.15, 0.2) is 0 Å². The van der Waals surface area contributed by atoms with Crippen LogP contribution >= 0.6 is 0 Å². The first-order chi connectivity index (χ1) is 10.1. The number of nitrogens with zero attached hydrogens (tertiary/aromatic N) is 1. The minimum Gasteiger partial charge on any atom is -0.393 e. The van der Waals surface area contributed by atoms with Crippen molar-refractivity contribution < 1.29 is 10.2 Å². The van der Waals surface area contributed by atoms with Crippen molar-refractivity contribution in [1.82, 2.24) is 10.2 Å². The van der Waals surface area contributed by atoms with E-state index in [1.165, 1.54) is 12.8 Å². The summed E-state index contributed by atoms with van der Waals surface area (Å²) in [7, 11) is 3.95. The molecule has 0 spiro atoms. The number of hydrogen-bond donors (Lipinski definition) is 3. The molecule has 4 heteroatoms. The van der Waals surface area contributed by atoms with Gasteiger partial charge in [0.1, 0.15) is 6.23 Å². The molecule has 1 aliphatic heterocycles. The van der Waals surface area contributed by atoms with Crippen LogP contribution in [0.2, 0.25) is 0 Å². The van der Waals surface area contributed by atoms with Crippen LogP contribution in [0.4, 0.5) is 0 Å². The van der Waals surface area contributed by atoms with E-state index in [2.05, 4.69) is 5.32 Å². The third-order valence-corrected chi connectivity index (χ3v) is 3.84. The van der Waals surface area contributed by atoms with E-state index >= 15 is 0 Å². The van der Waals surface area contributed by atoms with E-state index in [9.17, 15) is 0 Å². The topological polar surface area (TPSA) is 55.7 Å². The lowest BCUT2D eigenvalue weighted by atomic mass is 9.93. The van der Waals surface area contributed by atoms with Crippen molar-refractivity contribution >= 4 is 0 Å². The summed E-state index contributed by atoms with van der Waals surface area (Å²) < 4.78 is 0. The average Bonchev–Trinajstić information content (AvgIpc) is 2.55. The molecule has 0 amide bonds. The Balaban J connectivity index is 0. The molecule has 1 unspecified atom stereocenters. The normalized spacial score (nSPS) is 28.9. The van der Waals surface area contributed by atoms with Crippen LogP contribution in [0, 0.1) is 0 Å². The molecule has 21 heavy (non-hydrogen) atoms. The molecule has 1 atom stereocenters. The second kappa shape index (κ2) is 16.2. The second-order valence-corrected chi connectivity index (χ2v) is 5.25. The van der Waals surface area contributed by atoms with Gasteiger partial charge in [-0.15, -0.1) is 0 Å². The van der Waals surface area contributed by atoms with Gasteiger partial charge in [0.2, 0.25) is 0 Å². The molecule has 0 bridgehead atoms. The SMILES string of the molecule is CC.CC.CN1CCCCC1O.CNC1CCC(O)CC1. The third kappa shape index (κ3) is 12.1.